The second-order valence-corrected chi connectivity index (χ2v) is 3.73. The van der Waals surface area contributed by atoms with E-state index in [1.807, 2.05) is 0 Å². The highest BCUT2D eigenvalue weighted by molar-refractivity contribution is 5.52. The first-order valence-electron chi connectivity index (χ1n) is 5.02. The monoisotopic (exact) mass is 232 g/mol. The Bertz CT molecular complexity index is 319. The molecule has 5 heteroatoms. The SMILES string of the molecule is CN(CCCC(F)(F)F)c1ccc(N)cc1. The maximum absolute atomic E-state index is 11.9. The number of nitrogens with zero attached hydrogens (tertiary/aromatic N) is 1. The number of nitrogen functional groups attached to an aromatic ring is 1. The van der Waals surface area contributed by atoms with E-state index in [1.165, 1.54) is 0 Å². The van der Waals surface area contributed by atoms with Crippen LogP contribution < -0.4 is 10.6 Å². The first kappa shape index (κ1) is 12.7. The minimum atomic E-state index is -4.07. The van der Waals surface area contributed by atoms with Crippen LogP contribution in [-0.2, 0) is 0 Å². The summed E-state index contributed by atoms with van der Waals surface area (Å²) in [6.45, 7) is 0.378. The molecule has 0 bridgehead atoms. The van der Waals surface area contributed by atoms with E-state index < -0.39 is 12.6 Å². The summed E-state index contributed by atoms with van der Waals surface area (Å²) in [5.41, 5.74) is 7.03. The van der Waals surface area contributed by atoms with Gasteiger partial charge in [-0.1, -0.05) is 0 Å². The topological polar surface area (TPSA) is 29.3 Å². The van der Waals surface area contributed by atoms with Crippen LogP contribution >= 0.6 is 0 Å². The van der Waals surface area contributed by atoms with Gasteiger partial charge in [-0.25, -0.2) is 0 Å². The molecule has 1 rings (SSSR count). The van der Waals surface area contributed by atoms with Crippen molar-refractivity contribution in [2.24, 2.45) is 0 Å². The van der Waals surface area contributed by atoms with Gasteiger partial charge in [-0.15, -0.1) is 0 Å². The molecule has 0 atom stereocenters. The van der Waals surface area contributed by atoms with Crippen molar-refractivity contribution in [2.45, 2.75) is 19.0 Å². The molecule has 0 fully saturated rings. The maximum Gasteiger partial charge on any atom is 0.389 e. The minimum Gasteiger partial charge on any atom is -0.399 e. The van der Waals surface area contributed by atoms with Crippen LogP contribution in [0.25, 0.3) is 0 Å². The highest BCUT2D eigenvalue weighted by Crippen LogP contribution is 2.22. The van der Waals surface area contributed by atoms with Gasteiger partial charge in [-0.05, 0) is 30.7 Å². The van der Waals surface area contributed by atoms with Crippen LogP contribution in [0, 0.1) is 0 Å². The Kier molecular flexibility index (Phi) is 4.04. The fourth-order valence-electron chi connectivity index (χ4n) is 1.37. The number of hydrogen-bond acceptors (Lipinski definition) is 2. The molecule has 0 amide bonds. The summed E-state index contributed by atoms with van der Waals surface area (Å²) in [7, 11) is 1.77. The highest BCUT2D eigenvalue weighted by Gasteiger charge is 2.26. The van der Waals surface area contributed by atoms with E-state index in [1.54, 1.807) is 36.2 Å². The molecule has 16 heavy (non-hydrogen) atoms. The van der Waals surface area contributed by atoms with Crippen molar-refractivity contribution in [1.82, 2.24) is 0 Å². The second kappa shape index (κ2) is 5.09. The van der Waals surface area contributed by atoms with Crippen LogP contribution in [0.1, 0.15) is 12.8 Å². The summed E-state index contributed by atoms with van der Waals surface area (Å²) in [5, 5.41) is 0. The van der Waals surface area contributed by atoms with Crippen LogP contribution in [-0.4, -0.2) is 19.8 Å². The molecule has 0 unspecified atom stereocenters. The van der Waals surface area contributed by atoms with Crippen LogP contribution in [0.15, 0.2) is 24.3 Å². The lowest BCUT2D eigenvalue weighted by Crippen LogP contribution is -2.20. The Morgan fingerprint density at radius 3 is 2.25 bits per heavy atom. The van der Waals surface area contributed by atoms with Gasteiger partial charge < -0.3 is 10.6 Å². The van der Waals surface area contributed by atoms with Gasteiger partial charge in [0.25, 0.3) is 0 Å². The third-order valence-electron chi connectivity index (χ3n) is 2.29. The van der Waals surface area contributed by atoms with Crippen LogP contribution in [0.4, 0.5) is 24.5 Å². The second-order valence-electron chi connectivity index (χ2n) is 3.73. The summed E-state index contributed by atoms with van der Waals surface area (Å²) in [6, 6.07) is 7.05. The van der Waals surface area contributed by atoms with Crippen molar-refractivity contribution < 1.29 is 13.2 Å². The number of hydrogen-bond donors (Lipinski definition) is 1. The molecule has 0 spiro atoms. The lowest BCUT2D eigenvalue weighted by molar-refractivity contribution is -0.135. The molecule has 2 nitrogen and oxygen atoms in total. The Labute approximate surface area is 92.9 Å². The first-order valence-corrected chi connectivity index (χ1v) is 5.02. The number of benzene rings is 1. The molecule has 0 heterocycles. The average molecular weight is 232 g/mol. The first-order chi connectivity index (χ1) is 7.38. The molecule has 0 aliphatic carbocycles. The van der Waals surface area contributed by atoms with Crippen molar-refractivity contribution in [1.29, 1.82) is 0 Å². The fraction of sp³-hybridized carbons (Fsp3) is 0.455. The van der Waals surface area contributed by atoms with E-state index >= 15 is 0 Å². The van der Waals surface area contributed by atoms with Gasteiger partial charge in [-0.3, -0.25) is 0 Å². The lowest BCUT2D eigenvalue weighted by atomic mass is 10.2. The van der Waals surface area contributed by atoms with E-state index in [0.29, 0.717) is 12.2 Å². The van der Waals surface area contributed by atoms with Crippen LogP contribution in [0.5, 0.6) is 0 Å². The number of nitrogens with two attached hydrogens (primary N) is 1. The number of anilines is 2. The lowest BCUT2D eigenvalue weighted by Gasteiger charge is -2.19. The van der Waals surface area contributed by atoms with Crippen molar-refractivity contribution in [2.75, 3.05) is 24.2 Å². The third kappa shape index (κ3) is 4.42. The summed E-state index contributed by atoms with van der Waals surface area (Å²) < 4.78 is 35.8. The molecule has 0 aromatic heterocycles. The van der Waals surface area contributed by atoms with Gasteiger partial charge in [0, 0.05) is 31.4 Å². The minimum absolute atomic E-state index is 0.102. The van der Waals surface area contributed by atoms with Crippen LogP contribution in [0.2, 0.25) is 0 Å². The van der Waals surface area contributed by atoms with Crippen LogP contribution in [0.3, 0.4) is 0 Å². The molecular weight excluding hydrogens is 217 g/mol. The van der Waals surface area contributed by atoms with Gasteiger partial charge >= 0.3 is 6.18 Å². The quantitative estimate of drug-likeness (QED) is 0.808. The largest absolute Gasteiger partial charge is 0.399 e. The van der Waals surface area contributed by atoms with Crippen molar-refractivity contribution in [3.05, 3.63) is 24.3 Å². The summed E-state index contributed by atoms with van der Waals surface area (Å²) in [5.74, 6) is 0. The van der Waals surface area contributed by atoms with Crippen molar-refractivity contribution in [3.8, 4) is 0 Å². The van der Waals surface area contributed by atoms with E-state index in [2.05, 4.69) is 0 Å². The molecule has 0 aliphatic rings. The zero-order valence-corrected chi connectivity index (χ0v) is 9.09. The predicted molar refractivity (Wildman–Crippen MR) is 59.4 cm³/mol. The third-order valence-corrected chi connectivity index (χ3v) is 2.29. The molecule has 0 saturated heterocycles. The fourth-order valence-corrected chi connectivity index (χ4v) is 1.37. The molecule has 0 aliphatic heterocycles. The number of alkyl halides is 3. The molecule has 0 saturated carbocycles. The number of rotatable bonds is 4. The van der Waals surface area contributed by atoms with E-state index in [0.717, 1.165) is 5.69 Å². The molecule has 0 radical (unpaired) electrons. The summed E-state index contributed by atoms with van der Waals surface area (Å²) in [6.07, 6.45) is -4.71. The highest BCUT2D eigenvalue weighted by atomic mass is 19.4. The molecule has 1 aromatic carbocycles. The Morgan fingerprint density at radius 1 is 1.19 bits per heavy atom. The average Bonchev–Trinajstić information content (AvgIpc) is 2.16. The maximum atomic E-state index is 11.9. The van der Waals surface area contributed by atoms with Gasteiger partial charge in [0.1, 0.15) is 0 Å². The van der Waals surface area contributed by atoms with E-state index in [9.17, 15) is 13.2 Å². The molecular formula is C11H15F3N2. The smallest absolute Gasteiger partial charge is 0.389 e. The van der Waals surface area contributed by atoms with Crippen molar-refractivity contribution in [3.63, 3.8) is 0 Å². The normalized spacial score (nSPS) is 11.5. The van der Waals surface area contributed by atoms with Gasteiger partial charge in [0.2, 0.25) is 0 Å². The molecule has 2 N–H and O–H groups in total. The van der Waals surface area contributed by atoms with Gasteiger partial charge in [0.15, 0.2) is 0 Å². The molecule has 1 aromatic rings. The Hall–Kier alpha value is -1.39. The van der Waals surface area contributed by atoms with Crippen molar-refractivity contribution >= 4 is 11.4 Å². The summed E-state index contributed by atoms with van der Waals surface area (Å²) in [4.78, 5) is 1.78. The predicted octanol–water partition coefficient (Wildman–Crippen LogP) is 3.05. The zero-order chi connectivity index (χ0) is 12.2. The number of halogens is 3. The molecule has 90 valence electrons. The van der Waals surface area contributed by atoms with E-state index in [4.69, 9.17) is 5.73 Å². The zero-order valence-electron chi connectivity index (χ0n) is 9.09. The van der Waals surface area contributed by atoms with Gasteiger partial charge in [0.05, 0.1) is 0 Å². The Balaban J connectivity index is 2.41. The standard InChI is InChI=1S/C11H15F3N2/c1-16(8-2-7-11(12,13)14)10-5-3-9(15)4-6-10/h3-6H,2,7-8,15H2,1H3. The van der Waals surface area contributed by atoms with E-state index in [-0.39, 0.29) is 6.42 Å². The van der Waals surface area contributed by atoms with Gasteiger partial charge in [-0.2, -0.15) is 13.2 Å². The Morgan fingerprint density at radius 2 is 1.75 bits per heavy atom. The summed E-state index contributed by atoms with van der Waals surface area (Å²) >= 11 is 0.